The van der Waals surface area contributed by atoms with E-state index in [0.717, 1.165) is 17.3 Å². The van der Waals surface area contributed by atoms with Crippen LogP contribution in [0.2, 0.25) is 0 Å². The van der Waals surface area contributed by atoms with Gasteiger partial charge in [0.25, 0.3) is 0 Å². The molecule has 0 amide bonds. The van der Waals surface area contributed by atoms with Gasteiger partial charge >= 0.3 is 0 Å². The monoisotopic (exact) mass is 178 g/mol. The van der Waals surface area contributed by atoms with E-state index in [4.69, 9.17) is 0 Å². The van der Waals surface area contributed by atoms with E-state index >= 15 is 0 Å². The third-order valence-corrected chi connectivity index (χ3v) is 4.52. The van der Waals surface area contributed by atoms with Gasteiger partial charge in [0, 0.05) is 0 Å². The third-order valence-electron chi connectivity index (χ3n) is 4.52. The SMILES string of the molecule is C=CC(C)C1CCC2(CCCC2)C1. The van der Waals surface area contributed by atoms with Gasteiger partial charge in [0.1, 0.15) is 0 Å². The van der Waals surface area contributed by atoms with Gasteiger partial charge in [-0.1, -0.05) is 25.8 Å². The maximum atomic E-state index is 3.92. The summed E-state index contributed by atoms with van der Waals surface area (Å²) in [7, 11) is 0. The first kappa shape index (κ1) is 9.30. The molecule has 0 aromatic heterocycles. The standard InChI is InChI=1S/C13H22/c1-3-11(2)12-6-9-13(10-12)7-4-5-8-13/h3,11-12H,1,4-10H2,2H3. The summed E-state index contributed by atoms with van der Waals surface area (Å²) < 4.78 is 0. The highest BCUT2D eigenvalue weighted by Gasteiger charge is 2.41. The predicted octanol–water partition coefficient (Wildman–Crippen LogP) is 4.17. The van der Waals surface area contributed by atoms with Crippen LogP contribution in [0.1, 0.15) is 51.9 Å². The highest BCUT2D eigenvalue weighted by Crippen LogP contribution is 2.54. The minimum absolute atomic E-state index is 0.750. The third kappa shape index (κ3) is 1.68. The number of rotatable bonds is 2. The number of hydrogen-bond acceptors (Lipinski definition) is 0. The average Bonchev–Trinajstić information content (AvgIpc) is 2.76. The van der Waals surface area contributed by atoms with Crippen molar-refractivity contribution in [2.75, 3.05) is 0 Å². The van der Waals surface area contributed by atoms with Crippen molar-refractivity contribution in [3.63, 3.8) is 0 Å². The van der Waals surface area contributed by atoms with Gasteiger partial charge in [-0.05, 0) is 49.4 Å². The molecule has 2 aliphatic carbocycles. The molecule has 2 saturated carbocycles. The Kier molecular flexibility index (Phi) is 2.49. The molecule has 1 spiro atoms. The summed E-state index contributed by atoms with van der Waals surface area (Å²) in [6.45, 7) is 6.26. The van der Waals surface area contributed by atoms with Crippen LogP contribution in [0.25, 0.3) is 0 Å². The second kappa shape index (κ2) is 3.48. The predicted molar refractivity (Wildman–Crippen MR) is 57.6 cm³/mol. The van der Waals surface area contributed by atoms with Crippen LogP contribution in [0.15, 0.2) is 12.7 Å². The summed E-state index contributed by atoms with van der Waals surface area (Å²) in [5, 5.41) is 0. The first-order chi connectivity index (χ1) is 6.26. The Labute approximate surface area is 82.4 Å². The molecule has 0 heteroatoms. The molecule has 0 bridgehead atoms. The first-order valence-corrected chi connectivity index (χ1v) is 5.88. The van der Waals surface area contributed by atoms with Gasteiger partial charge in [0.05, 0.1) is 0 Å². The molecule has 2 unspecified atom stereocenters. The van der Waals surface area contributed by atoms with Crippen LogP contribution < -0.4 is 0 Å². The van der Waals surface area contributed by atoms with Gasteiger partial charge in [-0.15, -0.1) is 6.58 Å². The topological polar surface area (TPSA) is 0 Å². The van der Waals surface area contributed by atoms with Crippen LogP contribution in [0.5, 0.6) is 0 Å². The molecular weight excluding hydrogens is 156 g/mol. The van der Waals surface area contributed by atoms with Gasteiger partial charge in [-0.25, -0.2) is 0 Å². The van der Waals surface area contributed by atoms with Crippen LogP contribution in [-0.2, 0) is 0 Å². The Morgan fingerprint density at radius 1 is 1.31 bits per heavy atom. The van der Waals surface area contributed by atoms with E-state index in [1.54, 1.807) is 0 Å². The Morgan fingerprint density at radius 3 is 2.62 bits per heavy atom. The minimum Gasteiger partial charge on any atom is -0.103 e. The second-order valence-corrected chi connectivity index (χ2v) is 5.30. The zero-order valence-corrected chi connectivity index (χ0v) is 8.89. The van der Waals surface area contributed by atoms with Gasteiger partial charge in [0.15, 0.2) is 0 Å². The molecule has 2 rings (SSSR count). The summed E-state index contributed by atoms with van der Waals surface area (Å²) in [6.07, 6.45) is 12.7. The van der Waals surface area contributed by atoms with E-state index in [9.17, 15) is 0 Å². The Bertz CT molecular complexity index is 186. The van der Waals surface area contributed by atoms with Crippen molar-refractivity contribution >= 4 is 0 Å². The highest BCUT2D eigenvalue weighted by molar-refractivity contribution is 4.96. The smallest absolute Gasteiger partial charge is 0.0236 e. The van der Waals surface area contributed by atoms with E-state index in [1.165, 1.54) is 44.9 Å². The lowest BCUT2D eigenvalue weighted by atomic mass is 9.82. The van der Waals surface area contributed by atoms with E-state index in [1.807, 2.05) is 0 Å². The molecule has 0 radical (unpaired) electrons. The number of allylic oxidation sites excluding steroid dienone is 1. The van der Waals surface area contributed by atoms with E-state index in [0.29, 0.717) is 0 Å². The van der Waals surface area contributed by atoms with E-state index < -0.39 is 0 Å². The molecule has 0 aromatic rings. The molecule has 2 aliphatic rings. The molecule has 0 aromatic carbocycles. The number of hydrogen-bond donors (Lipinski definition) is 0. The van der Waals surface area contributed by atoms with Crippen LogP contribution in [-0.4, -0.2) is 0 Å². The van der Waals surface area contributed by atoms with Gasteiger partial charge in [-0.3, -0.25) is 0 Å². The van der Waals surface area contributed by atoms with Crippen LogP contribution in [0.4, 0.5) is 0 Å². The maximum absolute atomic E-state index is 3.92. The Hall–Kier alpha value is -0.260. The fraction of sp³-hybridized carbons (Fsp3) is 0.846. The molecule has 0 N–H and O–H groups in total. The van der Waals surface area contributed by atoms with Crippen molar-refractivity contribution in [3.05, 3.63) is 12.7 Å². The average molecular weight is 178 g/mol. The van der Waals surface area contributed by atoms with Crippen molar-refractivity contribution < 1.29 is 0 Å². The maximum Gasteiger partial charge on any atom is -0.0236 e. The van der Waals surface area contributed by atoms with E-state index in [2.05, 4.69) is 19.6 Å². The van der Waals surface area contributed by atoms with Crippen molar-refractivity contribution in [3.8, 4) is 0 Å². The molecule has 13 heavy (non-hydrogen) atoms. The van der Waals surface area contributed by atoms with Gasteiger partial charge < -0.3 is 0 Å². The summed E-state index contributed by atoms with van der Waals surface area (Å²) in [5.41, 5.74) is 0.794. The quantitative estimate of drug-likeness (QED) is 0.557. The molecular formula is C13H22. The van der Waals surface area contributed by atoms with Crippen molar-refractivity contribution in [2.45, 2.75) is 51.9 Å². The lowest BCUT2D eigenvalue weighted by molar-refractivity contribution is 0.281. The Morgan fingerprint density at radius 2 is 2.00 bits per heavy atom. The highest BCUT2D eigenvalue weighted by atomic mass is 14.5. The zero-order chi connectivity index (χ0) is 9.31. The van der Waals surface area contributed by atoms with Gasteiger partial charge in [-0.2, -0.15) is 0 Å². The summed E-state index contributed by atoms with van der Waals surface area (Å²) >= 11 is 0. The van der Waals surface area contributed by atoms with Crippen LogP contribution in [0.3, 0.4) is 0 Å². The van der Waals surface area contributed by atoms with E-state index in [-0.39, 0.29) is 0 Å². The summed E-state index contributed by atoms with van der Waals surface area (Å²) in [4.78, 5) is 0. The van der Waals surface area contributed by atoms with Crippen molar-refractivity contribution in [1.82, 2.24) is 0 Å². The largest absolute Gasteiger partial charge is 0.103 e. The summed E-state index contributed by atoms with van der Waals surface area (Å²) in [5.74, 6) is 1.70. The molecule has 0 nitrogen and oxygen atoms in total. The van der Waals surface area contributed by atoms with Crippen LogP contribution in [0, 0.1) is 17.3 Å². The lowest BCUT2D eigenvalue weighted by Gasteiger charge is -2.23. The molecule has 2 fully saturated rings. The van der Waals surface area contributed by atoms with Crippen molar-refractivity contribution in [1.29, 1.82) is 0 Å². The minimum atomic E-state index is 0.750. The Balaban J connectivity index is 1.96. The van der Waals surface area contributed by atoms with Crippen LogP contribution >= 0.6 is 0 Å². The summed E-state index contributed by atoms with van der Waals surface area (Å²) in [6, 6.07) is 0. The van der Waals surface area contributed by atoms with Crippen molar-refractivity contribution in [2.24, 2.45) is 17.3 Å². The molecule has 0 saturated heterocycles. The molecule has 74 valence electrons. The molecule has 0 heterocycles. The fourth-order valence-corrected chi connectivity index (χ4v) is 3.47. The second-order valence-electron chi connectivity index (χ2n) is 5.30. The molecule has 2 atom stereocenters. The lowest BCUT2D eigenvalue weighted by Crippen LogP contribution is -2.13. The molecule has 0 aliphatic heterocycles. The zero-order valence-electron chi connectivity index (χ0n) is 8.89. The van der Waals surface area contributed by atoms with Gasteiger partial charge in [0.2, 0.25) is 0 Å². The normalized spacial score (nSPS) is 33.8. The first-order valence-electron chi connectivity index (χ1n) is 5.88. The fourth-order valence-electron chi connectivity index (χ4n) is 3.47.